The lowest BCUT2D eigenvalue weighted by Crippen LogP contribution is -2.18. The summed E-state index contributed by atoms with van der Waals surface area (Å²) in [4.78, 5) is 35.9. The van der Waals surface area contributed by atoms with Crippen LogP contribution in [0.4, 0.5) is 0 Å². The molecule has 7 nitrogen and oxygen atoms in total. The number of rotatable bonds is 6. The monoisotopic (exact) mass is 349 g/mol. The Balaban J connectivity index is 1.93. The van der Waals surface area contributed by atoms with Gasteiger partial charge < -0.3 is 20.3 Å². The van der Waals surface area contributed by atoms with Gasteiger partial charge in [-0.05, 0) is 24.3 Å². The predicted molar refractivity (Wildman–Crippen MR) is 86.2 cm³/mol. The van der Waals surface area contributed by atoms with Crippen LogP contribution in [0, 0.1) is 0 Å². The van der Waals surface area contributed by atoms with Gasteiger partial charge in [0.15, 0.2) is 6.61 Å². The number of nitrogens with one attached hydrogen (secondary N) is 1. The molecule has 3 N–H and O–H groups in total. The molecule has 0 unspecified atom stereocenters. The van der Waals surface area contributed by atoms with Crippen molar-refractivity contribution in [1.29, 1.82) is 0 Å². The van der Waals surface area contributed by atoms with E-state index in [1.54, 1.807) is 12.1 Å². The van der Waals surface area contributed by atoms with E-state index >= 15 is 0 Å². The second-order valence-corrected chi connectivity index (χ2v) is 6.04. The highest BCUT2D eigenvalue weighted by molar-refractivity contribution is 7.14. The number of hydrogen-bond acceptors (Lipinski definition) is 7. The molecule has 0 aliphatic rings. The van der Waals surface area contributed by atoms with Gasteiger partial charge in [0.2, 0.25) is 11.7 Å². The maximum absolute atomic E-state index is 12.0. The molecule has 24 heavy (non-hydrogen) atoms. The molecular formula is C16H15NO6S. The average Bonchev–Trinajstić information content (AvgIpc) is 2.99. The second kappa shape index (κ2) is 7.60. The van der Waals surface area contributed by atoms with Crippen molar-refractivity contribution in [2.75, 3.05) is 6.61 Å². The molecule has 0 spiro atoms. The highest BCUT2D eigenvalue weighted by Crippen LogP contribution is 2.23. The van der Waals surface area contributed by atoms with E-state index in [0.717, 1.165) is 10.9 Å². The van der Waals surface area contributed by atoms with E-state index in [-0.39, 0.29) is 23.0 Å². The lowest BCUT2D eigenvalue weighted by atomic mass is 10.2. The van der Waals surface area contributed by atoms with Gasteiger partial charge in [-0.1, -0.05) is 0 Å². The Morgan fingerprint density at radius 3 is 2.58 bits per heavy atom. The van der Waals surface area contributed by atoms with Gasteiger partial charge in [-0.25, -0.2) is 4.79 Å². The Morgan fingerprint density at radius 2 is 1.92 bits per heavy atom. The van der Waals surface area contributed by atoms with Crippen LogP contribution in [0.15, 0.2) is 30.3 Å². The van der Waals surface area contributed by atoms with Crippen LogP contribution in [0.25, 0.3) is 0 Å². The summed E-state index contributed by atoms with van der Waals surface area (Å²) in [5, 5.41) is 21.4. The number of ketones is 1. The average molecular weight is 349 g/mol. The van der Waals surface area contributed by atoms with Crippen molar-refractivity contribution in [1.82, 2.24) is 5.32 Å². The number of Topliss-reactive ketones (excluding diaryl/α,β-unsaturated/α-hetero) is 1. The molecule has 0 saturated heterocycles. The topological polar surface area (TPSA) is 113 Å². The predicted octanol–water partition coefficient (Wildman–Crippen LogP) is 1.84. The van der Waals surface area contributed by atoms with E-state index in [1.807, 2.05) is 0 Å². The first kappa shape index (κ1) is 17.5. The van der Waals surface area contributed by atoms with Gasteiger partial charge >= 0.3 is 5.97 Å². The van der Waals surface area contributed by atoms with Crippen LogP contribution < -0.4 is 5.32 Å². The van der Waals surface area contributed by atoms with Crippen LogP contribution in [0.5, 0.6) is 11.5 Å². The Morgan fingerprint density at radius 1 is 1.17 bits per heavy atom. The fourth-order valence-electron chi connectivity index (χ4n) is 1.81. The highest BCUT2D eigenvalue weighted by Gasteiger charge is 2.16. The molecule has 2 rings (SSSR count). The molecule has 0 aliphatic heterocycles. The Bertz CT molecular complexity index is 783. The van der Waals surface area contributed by atoms with E-state index in [0.29, 0.717) is 11.4 Å². The van der Waals surface area contributed by atoms with Crippen molar-refractivity contribution >= 4 is 29.0 Å². The summed E-state index contributed by atoms with van der Waals surface area (Å²) < 4.78 is 4.88. The number of ether oxygens (including phenoxy) is 1. The van der Waals surface area contributed by atoms with E-state index < -0.39 is 18.3 Å². The molecule has 1 aromatic heterocycles. The van der Waals surface area contributed by atoms with Crippen molar-refractivity contribution in [3.8, 4) is 11.5 Å². The van der Waals surface area contributed by atoms with E-state index in [9.17, 15) is 24.6 Å². The Hall–Kier alpha value is -2.87. The van der Waals surface area contributed by atoms with Crippen LogP contribution >= 0.6 is 11.3 Å². The molecule has 0 radical (unpaired) electrons. The van der Waals surface area contributed by atoms with Crippen molar-refractivity contribution in [2.24, 2.45) is 0 Å². The molecule has 126 valence electrons. The van der Waals surface area contributed by atoms with Crippen molar-refractivity contribution in [3.05, 3.63) is 45.6 Å². The molecule has 0 atom stereocenters. The summed E-state index contributed by atoms with van der Waals surface area (Å²) in [6.07, 6.45) is 0. The third-order valence-corrected chi connectivity index (χ3v) is 4.11. The van der Waals surface area contributed by atoms with Gasteiger partial charge in [0.1, 0.15) is 17.1 Å². The number of aromatic hydroxyl groups is 2. The molecule has 0 saturated carbocycles. The van der Waals surface area contributed by atoms with Gasteiger partial charge in [0.05, 0.1) is 11.4 Å². The lowest BCUT2D eigenvalue weighted by Gasteiger charge is -2.05. The minimum Gasteiger partial charge on any atom is -0.508 e. The van der Waals surface area contributed by atoms with Gasteiger partial charge in [-0.3, -0.25) is 9.59 Å². The number of hydrogen-bond donors (Lipinski definition) is 3. The first-order valence-electron chi connectivity index (χ1n) is 6.92. The van der Waals surface area contributed by atoms with E-state index in [4.69, 9.17) is 4.74 Å². The van der Waals surface area contributed by atoms with Gasteiger partial charge in [0.25, 0.3) is 0 Å². The fraction of sp³-hybridized carbons (Fsp3) is 0.188. The van der Waals surface area contributed by atoms with Crippen molar-refractivity contribution in [2.45, 2.75) is 13.5 Å². The number of phenols is 2. The van der Waals surface area contributed by atoms with Crippen LogP contribution in [-0.4, -0.2) is 34.5 Å². The van der Waals surface area contributed by atoms with E-state index in [2.05, 4.69) is 5.32 Å². The number of carbonyl (C=O) groups is 3. The number of carbonyl (C=O) groups excluding carboxylic acids is 3. The normalized spacial score (nSPS) is 10.2. The zero-order valence-corrected chi connectivity index (χ0v) is 13.6. The summed E-state index contributed by atoms with van der Waals surface area (Å²) >= 11 is 1.20. The van der Waals surface area contributed by atoms with Gasteiger partial charge in [-0.2, -0.15) is 0 Å². The molecular weight excluding hydrogens is 334 g/mol. The van der Waals surface area contributed by atoms with Crippen molar-refractivity contribution in [3.63, 3.8) is 0 Å². The van der Waals surface area contributed by atoms with Gasteiger partial charge in [0, 0.05) is 17.9 Å². The molecule has 0 bridgehead atoms. The minimum atomic E-state index is -0.865. The lowest BCUT2D eigenvalue weighted by molar-refractivity contribution is -0.119. The third kappa shape index (κ3) is 4.56. The van der Waals surface area contributed by atoms with Crippen molar-refractivity contribution < 1.29 is 29.3 Å². The second-order valence-electron chi connectivity index (χ2n) is 4.88. The molecule has 1 aromatic carbocycles. The number of esters is 1. The molecule has 1 heterocycles. The highest BCUT2D eigenvalue weighted by atomic mass is 32.1. The maximum Gasteiger partial charge on any atom is 0.342 e. The SMILES string of the molecule is CC(=O)NCc1ccc(C(=O)COC(=O)c2ccc(O)cc2O)s1. The third-order valence-electron chi connectivity index (χ3n) is 2.98. The maximum atomic E-state index is 12.0. The Kier molecular flexibility index (Phi) is 5.54. The minimum absolute atomic E-state index is 0.141. The molecule has 2 aromatic rings. The zero-order chi connectivity index (χ0) is 17.7. The van der Waals surface area contributed by atoms with Crippen LogP contribution in [0.3, 0.4) is 0 Å². The first-order valence-corrected chi connectivity index (χ1v) is 7.74. The summed E-state index contributed by atoms with van der Waals surface area (Å²) in [7, 11) is 0. The quantitative estimate of drug-likeness (QED) is 0.542. The molecule has 8 heteroatoms. The standard InChI is InChI=1S/C16H15NO6S/c1-9(18)17-7-11-3-5-15(24-11)14(21)8-23-16(22)12-4-2-10(19)6-13(12)20/h2-6,19-20H,7-8H2,1H3,(H,17,18). The smallest absolute Gasteiger partial charge is 0.342 e. The molecule has 1 amide bonds. The largest absolute Gasteiger partial charge is 0.508 e. The van der Waals surface area contributed by atoms with E-state index in [1.165, 1.54) is 30.4 Å². The summed E-state index contributed by atoms with van der Waals surface area (Å²) in [6, 6.07) is 6.74. The number of amides is 1. The fourth-order valence-corrected chi connectivity index (χ4v) is 2.68. The van der Waals surface area contributed by atoms with Crippen LogP contribution in [0.1, 0.15) is 31.8 Å². The number of phenolic OH excluding ortho intramolecular Hbond substituents is 2. The molecule has 0 fully saturated rings. The Labute approximate surface area is 141 Å². The summed E-state index contributed by atoms with van der Waals surface area (Å²) in [6.45, 7) is 1.26. The summed E-state index contributed by atoms with van der Waals surface area (Å²) in [5.74, 6) is -2.04. The summed E-state index contributed by atoms with van der Waals surface area (Å²) in [5.41, 5.74) is -0.141. The first-order chi connectivity index (χ1) is 11.4. The number of benzene rings is 1. The van der Waals surface area contributed by atoms with Crippen LogP contribution in [0.2, 0.25) is 0 Å². The zero-order valence-electron chi connectivity index (χ0n) is 12.7. The number of thiophene rings is 1. The van der Waals surface area contributed by atoms with Crippen LogP contribution in [-0.2, 0) is 16.1 Å². The molecule has 0 aliphatic carbocycles. The van der Waals surface area contributed by atoms with Gasteiger partial charge in [-0.15, -0.1) is 11.3 Å².